The van der Waals surface area contributed by atoms with Gasteiger partial charge in [0, 0.05) is 0 Å². The van der Waals surface area contributed by atoms with Crippen LogP contribution in [0.2, 0.25) is 0 Å². The molecule has 1 saturated carbocycles. The lowest BCUT2D eigenvalue weighted by Gasteiger charge is -2.13. The van der Waals surface area contributed by atoms with Crippen LogP contribution >= 0.6 is 0 Å². The molecule has 0 atom stereocenters. The smallest absolute Gasteiger partial charge is 0.491 e. The highest BCUT2D eigenvalue weighted by Crippen LogP contribution is 2.37. The molecule has 4 rings (SSSR count). The second kappa shape index (κ2) is 6.19. The Labute approximate surface area is 140 Å². The average molecular weight is 321 g/mol. The Morgan fingerprint density at radius 2 is 2.08 bits per heavy atom. The number of hydrogen-bond donors (Lipinski definition) is 1. The van der Waals surface area contributed by atoms with Crippen LogP contribution in [0.1, 0.15) is 18.4 Å². The topological polar surface area (TPSA) is 52.3 Å². The number of benzene rings is 2. The summed E-state index contributed by atoms with van der Waals surface area (Å²) in [6.07, 6.45) is 2.40. The summed E-state index contributed by atoms with van der Waals surface area (Å²) in [5, 5.41) is 9.68. The highest BCUT2D eigenvalue weighted by molar-refractivity contribution is 6.61. The van der Waals surface area contributed by atoms with Crippen LogP contribution in [0.25, 0.3) is 4.85 Å². The van der Waals surface area contributed by atoms with Crippen molar-refractivity contribution >= 4 is 18.3 Å². The molecule has 120 valence electrons. The van der Waals surface area contributed by atoms with E-state index in [0.29, 0.717) is 42.1 Å². The lowest BCUT2D eigenvalue weighted by atomic mass is 9.80. The maximum absolute atomic E-state index is 9.68. The fourth-order valence-electron chi connectivity index (χ4n) is 2.65. The Morgan fingerprint density at radius 1 is 1.21 bits per heavy atom. The molecule has 24 heavy (non-hydrogen) atoms. The number of rotatable bonds is 5. The minimum Gasteiger partial charge on any atom is -0.491 e. The molecule has 6 heteroatoms. The summed E-state index contributed by atoms with van der Waals surface area (Å²) in [4.78, 5) is 3.45. The van der Waals surface area contributed by atoms with Crippen molar-refractivity contribution in [2.24, 2.45) is 5.92 Å². The highest BCUT2D eigenvalue weighted by Gasteiger charge is 2.27. The number of fused-ring (bicyclic) bond motifs is 1. The Bertz CT molecular complexity index is 813. The molecule has 0 aromatic heterocycles. The van der Waals surface area contributed by atoms with E-state index in [4.69, 9.17) is 20.7 Å². The number of hydrogen-bond acceptors (Lipinski definition) is 4. The predicted molar refractivity (Wildman–Crippen MR) is 89.8 cm³/mol. The number of ether oxygens (including phenoxy) is 2. The molecule has 2 aromatic carbocycles. The third-order valence-corrected chi connectivity index (χ3v) is 4.23. The lowest BCUT2D eigenvalue weighted by Crippen LogP contribution is -2.27. The molecule has 2 aromatic rings. The second-order valence-electron chi connectivity index (χ2n) is 6.12. The molecule has 1 aliphatic heterocycles. The molecule has 1 aliphatic carbocycles. The van der Waals surface area contributed by atoms with E-state index >= 15 is 0 Å². The molecular formula is C18H16BNO4. The Kier molecular flexibility index (Phi) is 3.89. The van der Waals surface area contributed by atoms with Gasteiger partial charge in [-0.1, -0.05) is 12.1 Å². The van der Waals surface area contributed by atoms with Crippen LogP contribution < -0.4 is 14.9 Å². The monoisotopic (exact) mass is 321 g/mol. The standard InChI is InChI=1S/C18H16BNO4/c1-20-14-4-7-17(18(9-14)22-10-12-2-3-12)24-15-5-6-16-13(8-15)11-23-19(16)21/h4-9,12,21H,2-3,10-11H2. The first-order valence-electron chi connectivity index (χ1n) is 7.97. The van der Waals surface area contributed by atoms with Crippen molar-refractivity contribution in [2.45, 2.75) is 19.4 Å². The lowest BCUT2D eigenvalue weighted by molar-refractivity contribution is 0.275. The van der Waals surface area contributed by atoms with E-state index in [1.165, 1.54) is 12.8 Å². The summed E-state index contributed by atoms with van der Waals surface area (Å²) in [6, 6.07) is 10.6. The van der Waals surface area contributed by atoms with Gasteiger partial charge in [-0.15, -0.1) is 0 Å². The van der Waals surface area contributed by atoms with Crippen LogP contribution in [0.5, 0.6) is 17.2 Å². The first-order chi connectivity index (χ1) is 11.7. The van der Waals surface area contributed by atoms with Crippen molar-refractivity contribution in [3.8, 4) is 17.2 Å². The van der Waals surface area contributed by atoms with Gasteiger partial charge in [0.15, 0.2) is 17.2 Å². The molecular weight excluding hydrogens is 305 g/mol. The third kappa shape index (κ3) is 3.09. The van der Waals surface area contributed by atoms with Gasteiger partial charge in [0.2, 0.25) is 0 Å². The van der Waals surface area contributed by atoms with Gasteiger partial charge >= 0.3 is 7.12 Å². The second-order valence-corrected chi connectivity index (χ2v) is 6.12. The highest BCUT2D eigenvalue weighted by atomic mass is 16.5. The van der Waals surface area contributed by atoms with Crippen molar-refractivity contribution in [3.63, 3.8) is 0 Å². The van der Waals surface area contributed by atoms with E-state index in [-0.39, 0.29) is 0 Å². The SMILES string of the molecule is [C-]#[N+]c1ccc(Oc2ccc3c(c2)COB3O)c(OCC2CC2)c1. The van der Waals surface area contributed by atoms with E-state index in [2.05, 4.69) is 4.85 Å². The van der Waals surface area contributed by atoms with E-state index in [9.17, 15) is 5.02 Å². The Balaban J connectivity index is 1.58. The Morgan fingerprint density at radius 3 is 2.88 bits per heavy atom. The minimum absolute atomic E-state index is 0.370. The molecule has 0 unspecified atom stereocenters. The Hall–Kier alpha value is -2.49. The van der Waals surface area contributed by atoms with E-state index in [1.807, 2.05) is 6.07 Å². The zero-order valence-electron chi connectivity index (χ0n) is 13.1. The van der Waals surface area contributed by atoms with Gasteiger partial charge in [-0.2, -0.15) is 0 Å². The van der Waals surface area contributed by atoms with Crippen LogP contribution in [0.4, 0.5) is 5.69 Å². The van der Waals surface area contributed by atoms with Crippen LogP contribution in [-0.4, -0.2) is 18.7 Å². The fraction of sp³-hybridized carbons (Fsp3) is 0.278. The van der Waals surface area contributed by atoms with Crippen molar-refractivity contribution in [3.05, 3.63) is 53.4 Å². The molecule has 0 radical (unpaired) electrons. The molecule has 0 bridgehead atoms. The zero-order chi connectivity index (χ0) is 16.5. The maximum atomic E-state index is 9.68. The molecule has 2 aliphatic rings. The summed E-state index contributed by atoms with van der Waals surface area (Å²) in [5.41, 5.74) is 2.22. The van der Waals surface area contributed by atoms with Gasteiger partial charge < -0.3 is 19.2 Å². The van der Waals surface area contributed by atoms with Crippen LogP contribution in [0, 0.1) is 12.5 Å². The zero-order valence-corrected chi connectivity index (χ0v) is 13.1. The first-order valence-corrected chi connectivity index (χ1v) is 7.97. The van der Waals surface area contributed by atoms with Crippen LogP contribution in [0.15, 0.2) is 36.4 Å². The molecule has 1 heterocycles. The summed E-state index contributed by atoms with van der Waals surface area (Å²) >= 11 is 0. The largest absolute Gasteiger partial charge is 0.491 e. The molecule has 0 saturated heterocycles. The quantitative estimate of drug-likeness (QED) is 0.679. The van der Waals surface area contributed by atoms with Crippen molar-refractivity contribution < 1.29 is 19.2 Å². The predicted octanol–water partition coefficient (Wildman–Crippen LogP) is 3.04. The van der Waals surface area contributed by atoms with Crippen LogP contribution in [0.3, 0.4) is 0 Å². The first kappa shape index (κ1) is 15.1. The summed E-state index contributed by atoms with van der Waals surface area (Å²) in [7, 11) is -0.857. The van der Waals surface area contributed by atoms with Crippen molar-refractivity contribution in [2.75, 3.05) is 6.61 Å². The molecule has 5 nitrogen and oxygen atoms in total. The average Bonchev–Trinajstić information content (AvgIpc) is 3.37. The minimum atomic E-state index is -0.857. The third-order valence-electron chi connectivity index (χ3n) is 4.23. The molecule has 1 N–H and O–H groups in total. The fourth-order valence-corrected chi connectivity index (χ4v) is 2.65. The van der Waals surface area contributed by atoms with Crippen molar-refractivity contribution in [1.82, 2.24) is 0 Å². The normalized spacial score (nSPS) is 15.8. The van der Waals surface area contributed by atoms with Crippen LogP contribution in [-0.2, 0) is 11.3 Å². The molecule has 1 fully saturated rings. The van der Waals surface area contributed by atoms with Gasteiger partial charge in [-0.05, 0) is 54.1 Å². The van der Waals surface area contributed by atoms with Gasteiger partial charge in [0.05, 0.1) is 19.8 Å². The maximum Gasteiger partial charge on any atom is 0.491 e. The molecule has 0 spiro atoms. The molecule has 0 amide bonds. The summed E-state index contributed by atoms with van der Waals surface area (Å²) in [5.74, 6) is 2.45. The van der Waals surface area contributed by atoms with Gasteiger partial charge in [0.1, 0.15) is 5.75 Å². The van der Waals surface area contributed by atoms with Crippen molar-refractivity contribution in [1.29, 1.82) is 0 Å². The van der Waals surface area contributed by atoms with Gasteiger partial charge in [-0.25, -0.2) is 4.85 Å². The van der Waals surface area contributed by atoms with Gasteiger partial charge in [-0.3, -0.25) is 0 Å². The summed E-state index contributed by atoms with van der Waals surface area (Å²) in [6.45, 7) is 8.18. The summed E-state index contributed by atoms with van der Waals surface area (Å²) < 4.78 is 17.0. The van der Waals surface area contributed by atoms with E-state index in [0.717, 1.165) is 11.0 Å². The van der Waals surface area contributed by atoms with E-state index < -0.39 is 7.12 Å². The number of nitrogens with zero attached hydrogens (tertiary/aromatic N) is 1. The van der Waals surface area contributed by atoms with E-state index in [1.54, 1.807) is 30.3 Å². The van der Waals surface area contributed by atoms with Gasteiger partial charge in [0.25, 0.3) is 0 Å².